The molecule has 3 rings (SSSR count). The van der Waals surface area contributed by atoms with Crippen LogP contribution in [0.3, 0.4) is 0 Å². The van der Waals surface area contributed by atoms with E-state index in [0.717, 1.165) is 8.78 Å². The van der Waals surface area contributed by atoms with Crippen molar-refractivity contribution in [2.24, 2.45) is 0 Å². The summed E-state index contributed by atoms with van der Waals surface area (Å²) in [6.45, 7) is -0.399. The molecule has 0 saturated carbocycles. The number of anilines is 1. The van der Waals surface area contributed by atoms with Crippen LogP contribution in [0.5, 0.6) is 11.5 Å². The summed E-state index contributed by atoms with van der Waals surface area (Å²) in [7, 11) is -0.963. The number of nitrogens with one attached hydrogen (secondary N) is 1. The summed E-state index contributed by atoms with van der Waals surface area (Å²) >= 11 is 9.26. The van der Waals surface area contributed by atoms with Crippen LogP contribution in [0.2, 0.25) is 5.02 Å². The summed E-state index contributed by atoms with van der Waals surface area (Å²) < 4.78 is 39.0. The van der Waals surface area contributed by atoms with Crippen molar-refractivity contribution in [2.75, 3.05) is 26.1 Å². The maximum Gasteiger partial charge on any atom is 0.243 e. The molecule has 7 nitrogen and oxygen atoms in total. The Kier molecular flexibility index (Phi) is 8.36. The highest BCUT2D eigenvalue weighted by Crippen LogP contribution is 2.30. The van der Waals surface area contributed by atoms with Crippen molar-refractivity contribution in [3.8, 4) is 11.5 Å². The third-order valence-electron chi connectivity index (χ3n) is 4.71. The van der Waals surface area contributed by atoms with E-state index in [1.165, 1.54) is 26.4 Å². The van der Waals surface area contributed by atoms with Crippen LogP contribution in [0.4, 0.5) is 5.69 Å². The van der Waals surface area contributed by atoms with Crippen LogP contribution in [-0.4, -0.2) is 39.4 Å². The number of sulfonamides is 1. The molecule has 1 amide bonds. The van der Waals surface area contributed by atoms with Crippen molar-refractivity contribution >= 4 is 49.1 Å². The van der Waals surface area contributed by atoms with Gasteiger partial charge in [-0.1, -0.05) is 39.7 Å². The van der Waals surface area contributed by atoms with E-state index in [1.54, 1.807) is 54.6 Å². The van der Waals surface area contributed by atoms with Gasteiger partial charge in [-0.3, -0.25) is 4.79 Å². The van der Waals surface area contributed by atoms with Crippen molar-refractivity contribution in [1.29, 1.82) is 0 Å². The Morgan fingerprint density at radius 2 is 1.61 bits per heavy atom. The monoisotopic (exact) mass is 552 g/mol. The second-order valence-corrected chi connectivity index (χ2v) is 10.3. The van der Waals surface area contributed by atoms with Crippen LogP contribution in [0, 0.1) is 0 Å². The number of carbonyl (C=O) groups excluding carboxylic acids is 1. The smallest absolute Gasteiger partial charge is 0.243 e. The Balaban J connectivity index is 1.86. The number of rotatable bonds is 9. The number of halogens is 2. The molecule has 1 N–H and O–H groups in total. The van der Waals surface area contributed by atoms with Crippen LogP contribution in [0.15, 0.2) is 76.1 Å². The summed E-state index contributed by atoms with van der Waals surface area (Å²) in [4.78, 5) is 12.9. The lowest BCUT2D eigenvalue weighted by Crippen LogP contribution is -2.37. The molecule has 0 heterocycles. The van der Waals surface area contributed by atoms with Crippen molar-refractivity contribution in [3.63, 3.8) is 0 Å². The molecule has 10 heteroatoms. The first-order valence-electron chi connectivity index (χ1n) is 9.75. The quantitative estimate of drug-likeness (QED) is 0.405. The van der Waals surface area contributed by atoms with Gasteiger partial charge in [0.25, 0.3) is 0 Å². The number of carbonyl (C=O) groups is 1. The number of nitrogens with zero attached hydrogens (tertiary/aromatic N) is 1. The van der Waals surface area contributed by atoms with Gasteiger partial charge in [-0.05, 0) is 54.1 Å². The molecular weight excluding hydrogens is 532 g/mol. The lowest BCUT2D eigenvalue weighted by Gasteiger charge is -2.22. The number of amides is 1. The Morgan fingerprint density at radius 3 is 2.21 bits per heavy atom. The second-order valence-electron chi connectivity index (χ2n) is 6.97. The van der Waals surface area contributed by atoms with Crippen molar-refractivity contribution in [2.45, 2.75) is 11.4 Å². The predicted octanol–water partition coefficient (Wildman–Crippen LogP) is 4.95. The van der Waals surface area contributed by atoms with Gasteiger partial charge in [-0.2, -0.15) is 4.31 Å². The highest BCUT2D eigenvalue weighted by atomic mass is 79.9. The van der Waals surface area contributed by atoms with Gasteiger partial charge in [-0.15, -0.1) is 0 Å². The zero-order valence-electron chi connectivity index (χ0n) is 17.9. The van der Waals surface area contributed by atoms with E-state index >= 15 is 0 Å². The van der Waals surface area contributed by atoms with Crippen LogP contribution < -0.4 is 14.8 Å². The Bertz CT molecular complexity index is 1220. The topological polar surface area (TPSA) is 84.9 Å². The van der Waals surface area contributed by atoms with Crippen molar-refractivity contribution < 1.29 is 22.7 Å². The molecule has 0 atom stereocenters. The molecule has 0 radical (unpaired) electrons. The average Bonchev–Trinajstić information content (AvgIpc) is 2.80. The minimum atomic E-state index is -3.96. The summed E-state index contributed by atoms with van der Waals surface area (Å²) in [6.07, 6.45) is 0. The molecule has 0 saturated heterocycles. The van der Waals surface area contributed by atoms with Gasteiger partial charge in [-0.25, -0.2) is 8.42 Å². The predicted molar refractivity (Wildman–Crippen MR) is 131 cm³/mol. The Hall–Kier alpha value is -2.59. The van der Waals surface area contributed by atoms with Crippen molar-refractivity contribution in [3.05, 3.63) is 81.8 Å². The second kappa shape index (κ2) is 11.0. The molecular formula is C23H22BrClN2O5S. The maximum atomic E-state index is 13.4. The molecule has 0 aliphatic rings. The Morgan fingerprint density at radius 1 is 0.970 bits per heavy atom. The number of methoxy groups -OCH3 is 2. The van der Waals surface area contributed by atoms with E-state index in [0.29, 0.717) is 27.8 Å². The minimum absolute atomic E-state index is 0.00504. The lowest BCUT2D eigenvalue weighted by atomic mass is 10.2. The number of ether oxygens (including phenoxy) is 2. The minimum Gasteiger partial charge on any atom is -0.493 e. The van der Waals surface area contributed by atoms with E-state index in [1.807, 2.05) is 0 Å². The van der Waals surface area contributed by atoms with Gasteiger partial charge in [0.05, 0.1) is 25.7 Å². The number of hydrogen-bond acceptors (Lipinski definition) is 5. The average molecular weight is 554 g/mol. The van der Waals surface area contributed by atoms with Gasteiger partial charge in [0, 0.05) is 27.8 Å². The van der Waals surface area contributed by atoms with Crippen LogP contribution in [0.25, 0.3) is 0 Å². The van der Waals surface area contributed by atoms with E-state index in [2.05, 4.69) is 21.2 Å². The van der Waals surface area contributed by atoms with Crippen LogP contribution >= 0.6 is 27.5 Å². The molecule has 0 fully saturated rings. The van der Waals surface area contributed by atoms with Crippen molar-refractivity contribution in [1.82, 2.24) is 4.31 Å². The standard InChI is InChI=1S/C23H22BrClN2O5S/c1-31-21-12-9-19(13-22(21)32-2)26-23(28)15-27(14-16-3-7-18(25)8-4-16)33(29,30)20-10-5-17(24)6-11-20/h3-13H,14-15H2,1-2H3,(H,26,28). The fourth-order valence-corrected chi connectivity index (χ4v) is 4.82. The van der Waals surface area contributed by atoms with E-state index in [4.69, 9.17) is 21.1 Å². The molecule has 3 aromatic rings. The highest BCUT2D eigenvalue weighted by molar-refractivity contribution is 9.10. The van der Waals surface area contributed by atoms with Crippen LogP contribution in [-0.2, 0) is 21.4 Å². The summed E-state index contributed by atoms with van der Waals surface area (Å²) in [5.41, 5.74) is 1.14. The van der Waals surface area contributed by atoms with Gasteiger partial charge < -0.3 is 14.8 Å². The third kappa shape index (κ3) is 6.48. The highest BCUT2D eigenvalue weighted by Gasteiger charge is 2.27. The first-order valence-corrected chi connectivity index (χ1v) is 12.4. The zero-order chi connectivity index (χ0) is 24.0. The Labute approximate surface area is 206 Å². The van der Waals surface area contributed by atoms with E-state index in [-0.39, 0.29) is 11.4 Å². The molecule has 33 heavy (non-hydrogen) atoms. The molecule has 0 spiro atoms. The fourth-order valence-electron chi connectivity index (χ4n) is 3.05. The SMILES string of the molecule is COc1ccc(NC(=O)CN(Cc2ccc(Cl)cc2)S(=O)(=O)c2ccc(Br)cc2)cc1OC. The first kappa shape index (κ1) is 25.0. The molecule has 0 aliphatic heterocycles. The molecule has 0 aliphatic carbocycles. The normalized spacial score (nSPS) is 11.3. The lowest BCUT2D eigenvalue weighted by molar-refractivity contribution is -0.116. The van der Waals surface area contributed by atoms with E-state index < -0.39 is 22.5 Å². The summed E-state index contributed by atoms with van der Waals surface area (Å²) in [6, 6.07) is 17.9. The third-order valence-corrected chi connectivity index (χ3v) is 7.30. The maximum absolute atomic E-state index is 13.4. The van der Waals surface area contributed by atoms with Gasteiger partial charge in [0.2, 0.25) is 15.9 Å². The summed E-state index contributed by atoms with van der Waals surface area (Å²) in [5.74, 6) is 0.449. The largest absolute Gasteiger partial charge is 0.493 e. The van der Waals surface area contributed by atoms with Crippen LogP contribution in [0.1, 0.15) is 5.56 Å². The zero-order valence-corrected chi connectivity index (χ0v) is 21.1. The fraction of sp³-hybridized carbons (Fsp3) is 0.174. The van der Waals surface area contributed by atoms with Gasteiger partial charge in [0.1, 0.15) is 0 Å². The van der Waals surface area contributed by atoms with Gasteiger partial charge >= 0.3 is 0 Å². The molecule has 0 aromatic heterocycles. The first-order chi connectivity index (χ1) is 15.7. The molecule has 174 valence electrons. The number of hydrogen-bond donors (Lipinski definition) is 1. The summed E-state index contributed by atoms with van der Waals surface area (Å²) in [5, 5.41) is 3.25. The van der Waals surface area contributed by atoms with Gasteiger partial charge in [0.15, 0.2) is 11.5 Å². The molecule has 3 aromatic carbocycles. The molecule has 0 unspecified atom stereocenters. The van der Waals surface area contributed by atoms with E-state index in [9.17, 15) is 13.2 Å². The molecule has 0 bridgehead atoms. The number of benzene rings is 3.